The Kier molecular flexibility index (Phi) is 10.5. The van der Waals surface area contributed by atoms with E-state index in [1.807, 2.05) is 4.90 Å². The molecule has 3 heterocycles. The molecular formula is C28H44N2O5S. The van der Waals surface area contributed by atoms with Gasteiger partial charge in [-0.25, -0.2) is 0 Å². The van der Waals surface area contributed by atoms with Gasteiger partial charge in [-0.15, -0.1) is 18.3 Å². The maximum absolute atomic E-state index is 14.2. The van der Waals surface area contributed by atoms with Gasteiger partial charge in [0.25, 0.3) is 0 Å². The van der Waals surface area contributed by atoms with Crippen molar-refractivity contribution in [2.45, 2.75) is 81.3 Å². The molecular weight excluding hydrogens is 476 g/mol. The second-order valence-electron chi connectivity index (χ2n) is 10.4. The summed E-state index contributed by atoms with van der Waals surface area (Å²) in [6, 6.07) is -0.586. The standard InChI is InChI=1S/C28H44N2O5S/c1-5-8-11-15-29(14-6-2)26(33)24-28-20(4)19-21(36-28)22(27(34)35-18-7-3)23(28)25(32)30(24)16-12-9-10-13-17-31/h6-7,20-24,31H,2-3,5,8-19H2,1,4H3/t20?,21-,22+,23+,24?,28?/m1/s1. The third kappa shape index (κ3) is 5.40. The van der Waals surface area contributed by atoms with Gasteiger partial charge in [0.05, 0.1) is 16.6 Å². The van der Waals surface area contributed by atoms with Crippen molar-refractivity contribution in [3.05, 3.63) is 25.3 Å². The Morgan fingerprint density at radius 1 is 1.19 bits per heavy atom. The SMILES string of the molecule is C=CCOC(=O)[C@@H]1[C@H]2C(=O)N(CCCCCCO)C(C(=O)N(CC=C)CCCCC)C23S[C@@H]1CC3C. The lowest BCUT2D eigenvalue weighted by atomic mass is 9.66. The highest BCUT2D eigenvalue weighted by molar-refractivity contribution is 8.02. The molecule has 0 aromatic carbocycles. The molecule has 3 unspecified atom stereocenters. The van der Waals surface area contributed by atoms with Crippen LogP contribution >= 0.6 is 11.8 Å². The summed E-state index contributed by atoms with van der Waals surface area (Å²) in [5.41, 5.74) is 0. The quantitative estimate of drug-likeness (QED) is 0.189. The first-order valence-corrected chi connectivity index (χ1v) is 14.5. The van der Waals surface area contributed by atoms with E-state index in [1.54, 1.807) is 28.8 Å². The molecule has 3 rings (SSSR count). The summed E-state index contributed by atoms with van der Waals surface area (Å²) in [5.74, 6) is -1.37. The van der Waals surface area contributed by atoms with Crippen molar-refractivity contribution < 1.29 is 24.2 Å². The second-order valence-corrected chi connectivity index (χ2v) is 12.0. The Morgan fingerprint density at radius 2 is 1.94 bits per heavy atom. The minimum atomic E-state index is -0.619. The van der Waals surface area contributed by atoms with Crippen molar-refractivity contribution in [2.75, 3.05) is 32.8 Å². The number of aliphatic hydroxyl groups excluding tert-OH is 1. The summed E-state index contributed by atoms with van der Waals surface area (Å²) in [4.78, 5) is 45.1. The molecule has 36 heavy (non-hydrogen) atoms. The van der Waals surface area contributed by atoms with E-state index in [0.29, 0.717) is 19.6 Å². The van der Waals surface area contributed by atoms with Crippen LogP contribution in [-0.4, -0.2) is 81.6 Å². The summed E-state index contributed by atoms with van der Waals surface area (Å²) < 4.78 is 4.83. The number of amides is 2. The summed E-state index contributed by atoms with van der Waals surface area (Å²) in [6.45, 7) is 13.6. The molecule has 1 N–H and O–H groups in total. The predicted molar refractivity (Wildman–Crippen MR) is 143 cm³/mol. The van der Waals surface area contributed by atoms with Crippen LogP contribution in [0, 0.1) is 17.8 Å². The Morgan fingerprint density at radius 3 is 2.61 bits per heavy atom. The Hall–Kier alpha value is -1.80. The summed E-state index contributed by atoms with van der Waals surface area (Å²) in [5, 5.41) is 9.10. The predicted octanol–water partition coefficient (Wildman–Crippen LogP) is 3.81. The van der Waals surface area contributed by atoms with E-state index >= 15 is 0 Å². The van der Waals surface area contributed by atoms with Crippen LogP contribution in [0.1, 0.15) is 65.2 Å². The molecule has 1 spiro atoms. The summed E-state index contributed by atoms with van der Waals surface area (Å²) in [7, 11) is 0. The molecule has 0 aromatic rings. The summed E-state index contributed by atoms with van der Waals surface area (Å²) in [6.07, 6.45) is 10.4. The van der Waals surface area contributed by atoms with E-state index in [-0.39, 0.29) is 42.2 Å². The van der Waals surface area contributed by atoms with Crippen molar-refractivity contribution >= 4 is 29.5 Å². The van der Waals surface area contributed by atoms with Crippen LogP contribution < -0.4 is 0 Å². The van der Waals surface area contributed by atoms with Crippen LogP contribution in [-0.2, 0) is 19.1 Å². The second kappa shape index (κ2) is 13.1. The molecule has 2 amide bonds. The first-order chi connectivity index (χ1) is 17.4. The van der Waals surface area contributed by atoms with Crippen LogP contribution in [0.25, 0.3) is 0 Å². The number of fused-ring (bicyclic) bond motifs is 1. The minimum Gasteiger partial charge on any atom is -0.461 e. The average Bonchev–Trinajstić information content (AvgIpc) is 3.45. The number of likely N-dealkylation sites (tertiary alicyclic amines) is 1. The molecule has 0 aromatic heterocycles. The summed E-state index contributed by atoms with van der Waals surface area (Å²) >= 11 is 1.69. The minimum absolute atomic E-state index is 0.0128. The van der Waals surface area contributed by atoms with Crippen molar-refractivity contribution in [1.82, 2.24) is 9.80 Å². The number of esters is 1. The molecule has 8 heteroatoms. The third-order valence-electron chi connectivity index (χ3n) is 8.09. The number of unbranched alkanes of at least 4 members (excludes halogenated alkanes) is 5. The zero-order chi connectivity index (χ0) is 26.3. The van der Waals surface area contributed by atoms with E-state index < -0.39 is 22.6 Å². The number of hydrogen-bond donors (Lipinski definition) is 1. The van der Waals surface area contributed by atoms with Gasteiger partial charge in [-0.1, -0.05) is 58.3 Å². The van der Waals surface area contributed by atoms with E-state index in [9.17, 15) is 14.4 Å². The third-order valence-corrected chi connectivity index (χ3v) is 10.2. The van der Waals surface area contributed by atoms with E-state index in [0.717, 1.165) is 51.4 Å². The number of nitrogens with zero attached hydrogens (tertiary/aromatic N) is 2. The number of rotatable bonds is 16. The molecule has 7 nitrogen and oxygen atoms in total. The zero-order valence-corrected chi connectivity index (χ0v) is 22.8. The van der Waals surface area contributed by atoms with Crippen molar-refractivity contribution in [2.24, 2.45) is 17.8 Å². The topological polar surface area (TPSA) is 87.1 Å². The van der Waals surface area contributed by atoms with Gasteiger partial charge in [-0.3, -0.25) is 14.4 Å². The van der Waals surface area contributed by atoms with E-state index in [4.69, 9.17) is 9.84 Å². The molecule has 6 atom stereocenters. The Bertz CT molecular complexity index is 820. The highest BCUT2D eigenvalue weighted by Gasteiger charge is 2.76. The maximum Gasteiger partial charge on any atom is 0.311 e. The van der Waals surface area contributed by atoms with Gasteiger partial charge in [0.2, 0.25) is 11.8 Å². The Labute approximate surface area is 220 Å². The molecule has 202 valence electrons. The highest BCUT2D eigenvalue weighted by Crippen LogP contribution is 2.68. The van der Waals surface area contributed by atoms with Crippen LogP contribution in [0.2, 0.25) is 0 Å². The van der Waals surface area contributed by atoms with Crippen LogP contribution in [0.5, 0.6) is 0 Å². The molecule has 0 radical (unpaired) electrons. The fraction of sp³-hybridized carbons (Fsp3) is 0.750. The highest BCUT2D eigenvalue weighted by atomic mass is 32.2. The van der Waals surface area contributed by atoms with Crippen molar-refractivity contribution in [1.29, 1.82) is 0 Å². The number of carbonyl (C=O) groups is 3. The van der Waals surface area contributed by atoms with Crippen LogP contribution in [0.15, 0.2) is 25.3 Å². The molecule has 3 aliphatic rings. The maximum atomic E-state index is 14.2. The number of carbonyl (C=O) groups excluding carboxylic acids is 3. The van der Waals surface area contributed by atoms with Crippen molar-refractivity contribution in [3.63, 3.8) is 0 Å². The fourth-order valence-electron chi connectivity index (χ4n) is 6.47. The Balaban J connectivity index is 1.94. The first-order valence-electron chi connectivity index (χ1n) is 13.6. The monoisotopic (exact) mass is 520 g/mol. The van der Waals surface area contributed by atoms with Crippen LogP contribution in [0.4, 0.5) is 0 Å². The smallest absolute Gasteiger partial charge is 0.311 e. The zero-order valence-electron chi connectivity index (χ0n) is 22.0. The molecule has 3 saturated heterocycles. The molecule has 0 saturated carbocycles. The van der Waals surface area contributed by atoms with E-state index in [2.05, 4.69) is 27.0 Å². The van der Waals surface area contributed by atoms with Gasteiger partial charge in [-0.05, 0) is 31.6 Å². The molecule has 0 aliphatic carbocycles. The lowest BCUT2D eigenvalue weighted by Gasteiger charge is -2.40. The molecule has 2 bridgehead atoms. The van der Waals surface area contributed by atoms with Gasteiger partial charge in [0.15, 0.2) is 0 Å². The van der Waals surface area contributed by atoms with Gasteiger partial charge < -0.3 is 19.6 Å². The van der Waals surface area contributed by atoms with Crippen LogP contribution in [0.3, 0.4) is 0 Å². The number of aliphatic hydroxyl groups is 1. The molecule has 3 aliphatic heterocycles. The van der Waals surface area contributed by atoms with E-state index in [1.165, 1.54) is 0 Å². The van der Waals surface area contributed by atoms with Gasteiger partial charge in [0, 0.05) is 31.5 Å². The number of thioether (sulfide) groups is 1. The van der Waals surface area contributed by atoms with Gasteiger partial charge >= 0.3 is 5.97 Å². The molecule has 3 fully saturated rings. The fourth-order valence-corrected chi connectivity index (χ4v) is 8.87. The van der Waals surface area contributed by atoms with Gasteiger partial charge in [-0.2, -0.15) is 0 Å². The number of ether oxygens (including phenoxy) is 1. The largest absolute Gasteiger partial charge is 0.461 e. The first kappa shape index (κ1) is 28.8. The average molecular weight is 521 g/mol. The number of hydrogen-bond acceptors (Lipinski definition) is 6. The van der Waals surface area contributed by atoms with Gasteiger partial charge in [0.1, 0.15) is 12.6 Å². The normalized spacial score (nSPS) is 30.4. The lowest BCUT2D eigenvalue weighted by molar-refractivity contribution is -0.153. The van der Waals surface area contributed by atoms with Crippen molar-refractivity contribution in [3.8, 4) is 0 Å². The lowest BCUT2D eigenvalue weighted by Crippen LogP contribution is -2.57.